The molecule has 0 aromatic heterocycles. The van der Waals surface area contributed by atoms with Gasteiger partial charge in [0.2, 0.25) is 0 Å². The minimum absolute atomic E-state index is 0.239. The fraction of sp³-hybridized carbons (Fsp3) is 0.0476. The van der Waals surface area contributed by atoms with E-state index in [0.29, 0.717) is 6.61 Å². The van der Waals surface area contributed by atoms with Crippen molar-refractivity contribution < 1.29 is 19.6 Å². The zero-order valence-corrected chi connectivity index (χ0v) is 22.0. The Bertz CT molecular complexity index is 1180. The molecule has 0 unspecified atom stereocenters. The average Bonchev–Trinajstić information content (AvgIpc) is 2.74. The van der Waals surface area contributed by atoms with E-state index in [4.69, 9.17) is 4.74 Å². The van der Waals surface area contributed by atoms with Gasteiger partial charge in [0.15, 0.2) is 0 Å². The molecule has 2 N–H and O–H groups in total. The van der Waals surface area contributed by atoms with Gasteiger partial charge < -0.3 is 9.84 Å². The van der Waals surface area contributed by atoms with Crippen LogP contribution in [0.2, 0.25) is 0 Å². The van der Waals surface area contributed by atoms with Gasteiger partial charge in [0.25, 0.3) is 11.6 Å². The maximum Gasteiger partial charge on any atom is 0.275 e. The van der Waals surface area contributed by atoms with Crippen LogP contribution in [0.25, 0.3) is 0 Å². The lowest BCUT2D eigenvalue weighted by atomic mass is 10.1. The largest absolute Gasteiger partial charge is 0.507 e. The molecule has 3 rings (SSSR count). The third-order valence-electron chi connectivity index (χ3n) is 4.13. The summed E-state index contributed by atoms with van der Waals surface area (Å²) in [5.41, 5.74) is 3.48. The molecule has 3 aromatic rings. The fourth-order valence-corrected chi connectivity index (χ4v) is 4.97. The van der Waals surface area contributed by atoms with Crippen molar-refractivity contribution in [3.8, 4) is 11.5 Å². The molecule has 164 valence electrons. The number of hydrogen-bond donors (Lipinski definition) is 2. The number of nitrogens with one attached hydrogen (secondary N) is 1. The first-order valence-electron chi connectivity index (χ1n) is 8.91. The third-order valence-corrected chi connectivity index (χ3v) is 6.26. The molecular formula is C21H14BrI2N3O5. The summed E-state index contributed by atoms with van der Waals surface area (Å²) >= 11 is 7.74. The lowest BCUT2D eigenvalue weighted by Crippen LogP contribution is -2.18. The molecule has 1 amide bonds. The SMILES string of the molecule is O=C(N/N=C\c1cc(I)c(OCc2ccc(Br)cc2)c(I)c1)c1cc([N+](=O)[O-])ccc1O. The Morgan fingerprint density at radius 2 is 1.81 bits per heavy atom. The summed E-state index contributed by atoms with van der Waals surface area (Å²) < 4.78 is 8.71. The second-order valence-corrected chi connectivity index (χ2v) is 9.63. The molecule has 0 aliphatic heterocycles. The van der Waals surface area contributed by atoms with Gasteiger partial charge in [0.05, 0.1) is 23.8 Å². The van der Waals surface area contributed by atoms with Crippen molar-refractivity contribution in [2.24, 2.45) is 5.10 Å². The van der Waals surface area contributed by atoms with Crippen LogP contribution in [-0.4, -0.2) is 22.2 Å². The highest BCUT2D eigenvalue weighted by molar-refractivity contribution is 14.1. The zero-order chi connectivity index (χ0) is 23.3. The molecule has 0 heterocycles. The van der Waals surface area contributed by atoms with Gasteiger partial charge in [-0.3, -0.25) is 14.9 Å². The van der Waals surface area contributed by atoms with E-state index < -0.39 is 10.8 Å². The predicted molar refractivity (Wildman–Crippen MR) is 140 cm³/mol. The molecular weight excluding hydrogens is 708 g/mol. The van der Waals surface area contributed by atoms with Crippen molar-refractivity contribution >= 4 is 78.9 Å². The molecule has 32 heavy (non-hydrogen) atoms. The van der Waals surface area contributed by atoms with E-state index in [-0.39, 0.29) is 17.0 Å². The minimum Gasteiger partial charge on any atom is -0.507 e. The quantitative estimate of drug-likeness (QED) is 0.143. The number of ether oxygens (including phenoxy) is 1. The second kappa shape index (κ2) is 11.0. The maximum absolute atomic E-state index is 12.2. The number of phenolic OH excluding ortho intramolecular Hbond substituents is 1. The van der Waals surface area contributed by atoms with Crippen LogP contribution in [0.3, 0.4) is 0 Å². The van der Waals surface area contributed by atoms with Crippen molar-refractivity contribution in [3.63, 3.8) is 0 Å². The summed E-state index contributed by atoms with van der Waals surface area (Å²) in [6, 6.07) is 14.8. The molecule has 0 fully saturated rings. The molecule has 11 heteroatoms. The molecule has 0 spiro atoms. The number of hydrazone groups is 1. The first-order valence-corrected chi connectivity index (χ1v) is 11.9. The summed E-state index contributed by atoms with van der Waals surface area (Å²) in [6.07, 6.45) is 1.44. The van der Waals surface area contributed by atoms with Crippen LogP contribution in [0, 0.1) is 17.3 Å². The third kappa shape index (κ3) is 6.38. The monoisotopic (exact) mass is 721 g/mol. The number of nitro groups is 1. The number of phenols is 1. The summed E-state index contributed by atoms with van der Waals surface area (Å²) in [6.45, 7) is 0.426. The van der Waals surface area contributed by atoms with Gasteiger partial charge in [-0.1, -0.05) is 28.1 Å². The van der Waals surface area contributed by atoms with E-state index in [1.807, 2.05) is 36.4 Å². The average molecular weight is 722 g/mol. The van der Waals surface area contributed by atoms with Crippen LogP contribution >= 0.6 is 61.1 Å². The minimum atomic E-state index is -0.763. The van der Waals surface area contributed by atoms with E-state index in [1.165, 1.54) is 6.21 Å². The molecule has 0 aliphatic carbocycles. The Balaban J connectivity index is 1.67. The Hall–Kier alpha value is -2.26. The number of carbonyl (C=O) groups excluding carboxylic acids is 1. The van der Waals surface area contributed by atoms with Crippen molar-refractivity contribution in [1.29, 1.82) is 0 Å². The highest BCUT2D eigenvalue weighted by Gasteiger charge is 2.16. The lowest BCUT2D eigenvalue weighted by Gasteiger charge is -2.11. The summed E-state index contributed by atoms with van der Waals surface area (Å²) in [4.78, 5) is 22.4. The van der Waals surface area contributed by atoms with Crippen molar-refractivity contribution in [3.05, 3.63) is 93.0 Å². The smallest absolute Gasteiger partial charge is 0.275 e. The van der Waals surface area contributed by atoms with E-state index in [0.717, 1.165) is 46.7 Å². The Kier molecular flexibility index (Phi) is 8.42. The van der Waals surface area contributed by atoms with Crippen molar-refractivity contribution in [1.82, 2.24) is 5.43 Å². The van der Waals surface area contributed by atoms with Crippen molar-refractivity contribution in [2.45, 2.75) is 6.61 Å². The van der Waals surface area contributed by atoms with Gasteiger partial charge in [-0.05, 0) is 86.6 Å². The van der Waals surface area contributed by atoms with E-state index in [1.54, 1.807) is 0 Å². The van der Waals surface area contributed by atoms with Gasteiger partial charge in [0.1, 0.15) is 18.1 Å². The lowest BCUT2D eigenvalue weighted by molar-refractivity contribution is -0.384. The number of hydrogen-bond acceptors (Lipinski definition) is 6. The molecule has 0 saturated heterocycles. The number of carbonyl (C=O) groups is 1. The number of rotatable bonds is 7. The normalized spacial score (nSPS) is 10.8. The zero-order valence-electron chi connectivity index (χ0n) is 16.1. The van der Waals surface area contributed by atoms with Crippen LogP contribution in [0.15, 0.2) is 64.2 Å². The highest BCUT2D eigenvalue weighted by Crippen LogP contribution is 2.29. The topological polar surface area (TPSA) is 114 Å². The van der Waals surface area contributed by atoms with Gasteiger partial charge in [-0.2, -0.15) is 5.10 Å². The molecule has 0 saturated carbocycles. The second-order valence-electron chi connectivity index (χ2n) is 6.39. The van der Waals surface area contributed by atoms with Crippen molar-refractivity contribution in [2.75, 3.05) is 0 Å². The summed E-state index contributed by atoms with van der Waals surface area (Å²) in [5.74, 6) is -0.391. The van der Waals surface area contributed by atoms with E-state index >= 15 is 0 Å². The molecule has 0 radical (unpaired) electrons. The van der Waals surface area contributed by atoms with Crippen LogP contribution in [0.5, 0.6) is 11.5 Å². The van der Waals surface area contributed by atoms with Crippen LogP contribution < -0.4 is 10.2 Å². The number of amides is 1. The van der Waals surface area contributed by atoms with Crippen LogP contribution in [0.4, 0.5) is 5.69 Å². The number of halogens is 3. The maximum atomic E-state index is 12.2. The fourth-order valence-electron chi connectivity index (χ4n) is 2.57. The van der Waals surface area contributed by atoms with Gasteiger partial charge in [-0.15, -0.1) is 0 Å². The Morgan fingerprint density at radius 3 is 2.44 bits per heavy atom. The molecule has 0 bridgehead atoms. The number of nitro benzene ring substituents is 1. The number of non-ortho nitro benzene ring substituents is 1. The van der Waals surface area contributed by atoms with E-state index in [9.17, 15) is 20.0 Å². The van der Waals surface area contributed by atoms with Gasteiger partial charge >= 0.3 is 0 Å². The first-order chi connectivity index (χ1) is 15.2. The van der Waals surface area contributed by atoms with Gasteiger partial charge in [0, 0.05) is 16.6 Å². The van der Waals surface area contributed by atoms with Gasteiger partial charge in [-0.25, -0.2) is 5.43 Å². The summed E-state index contributed by atoms with van der Waals surface area (Å²) in [5, 5.41) is 24.6. The van der Waals surface area contributed by atoms with Crippen LogP contribution in [-0.2, 0) is 6.61 Å². The molecule has 3 aromatic carbocycles. The predicted octanol–water partition coefficient (Wildman–Crippen LogP) is 5.62. The molecule has 0 atom stereocenters. The Morgan fingerprint density at radius 1 is 1.16 bits per heavy atom. The Labute approximate surface area is 218 Å². The highest BCUT2D eigenvalue weighted by atomic mass is 127. The number of aromatic hydroxyl groups is 1. The van der Waals surface area contributed by atoms with Crippen LogP contribution in [0.1, 0.15) is 21.5 Å². The standard InChI is InChI=1S/C21H14BrI2N3O5/c22-14-3-1-12(2-4-14)11-32-20-17(23)7-13(8-18(20)24)10-25-26-21(29)16-9-15(27(30)31)5-6-19(16)28/h1-10,28H,11H2,(H,26,29)/b25-10-. The molecule has 0 aliphatic rings. The van der Waals surface area contributed by atoms with E-state index in [2.05, 4.69) is 71.6 Å². The number of benzene rings is 3. The summed E-state index contributed by atoms with van der Waals surface area (Å²) in [7, 11) is 0. The first kappa shape index (κ1) is 24.4. The molecule has 8 nitrogen and oxygen atoms in total. The number of nitrogens with zero attached hydrogens (tertiary/aromatic N) is 2.